The van der Waals surface area contributed by atoms with E-state index < -0.39 is 18.0 Å². The lowest BCUT2D eigenvalue weighted by Gasteiger charge is -2.19. The molecule has 0 aliphatic carbocycles. The molecular formula is C10H14ClFN2O2. The molecule has 0 radical (unpaired) electrons. The summed E-state index contributed by atoms with van der Waals surface area (Å²) in [5, 5.41) is 19.0. The second-order valence-electron chi connectivity index (χ2n) is 3.46. The molecule has 0 aromatic heterocycles. The Morgan fingerprint density at radius 1 is 1.38 bits per heavy atom. The molecule has 1 aromatic carbocycles. The molecular weight excluding hydrogens is 235 g/mol. The van der Waals surface area contributed by atoms with Gasteiger partial charge in [-0.15, -0.1) is 0 Å². The zero-order valence-electron chi connectivity index (χ0n) is 8.53. The van der Waals surface area contributed by atoms with Crippen LogP contribution in [-0.4, -0.2) is 22.9 Å². The molecule has 0 aliphatic heterocycles. The molecule has 90 valence electrons. The zero-order valence-corrected chi connectivity index (χ0v) is 9.28. The normalized spacial score (nSPS) is 14.8. The topological polar surface area (TPSA) is 92.5 Å². The average Bonchev–Trinajstić information content (AvgIpc) is 2.26. The van der Waals surface area contributed by atoms with Crippen LogP contribution < -0.4 is 11.5 Å². The number of nitrogens with two attached hydrogens (primary N) is 2. The Kier molecular flexibility index (Phi) is 4.49. The SMILES string of the molecule is NCCC(O)C(O)c1ccc(N)c(F)c1Cl. The molecule has 6 N–H and O–H groups in total. The van der Waals surface area contributed by atoms with Crippen molar-refractivity contribution in [2.45, 2.75) is 18.6 Å². The maximum absolute atomic E-state index is 13.3. The lowest BCUT2D eigenvalue weighted by Crippen LogP contribution is -2.22. The number of benzene rings is 1. The molecule has 0 saturated carbocycles. The first-order valence-corrected chi connectivity index (χ1v) is 5.16. The fraction of sp³-hybridized carbons (Fsp3) is 0.400. The van der Waals surface area contributed by atoms with E-state index in [0.29, 0.717) is 0 Å². The van der Waals surface area contributed by atoms with Gasteiger partial charge in [0.2, 0.25) is 0 Å². The molecule has 2 atom stereocenters. The smallest absolute Gasteiger partial charge is 0.165 e. The van der Waals surface area contributed by atoms with Crippen LogP contribution in [0.3, 0.4) is 0 Å². The average molecular weight is 249 g/mol. The van der Waals surface area contributed by atoms with Crippen LogP contribution in [0.5, 0.6) is 0 Å². The van der Waals surface area contributed by atoms with Gasteiger partial charge in [0.05, 0.1) is 16.8 Å². The van der Waals surface area contributed by atoms with E-state index in [-0.39, 0.29) is 29.2 Å². The van der Waals surface area contributed by atoms with Crippen molar-refractivity contribution >= 4 is 17.3 Å². The van der Waals surface area contributed by atoms with E-state index in [1.54, 1.807) is 0 Å². The summed E-state index contributed by atoms with van der Waals surface area (Å²) in [6.45, 7) is 0.216. The van der Waals surface area contributed by atoms with Gasteiger partial charge in [-0.1, -0.05) is 17.7 Å². The zero-order chi connectivity index (χ0) is 12.3. The van der Waals surface area contributed by atoms with Crippen LogP contribution in [0.4, 0.5) is 10.1 Å². The molecule has 6 heteroatoms. The summed E-state index contributed by atoms with van der Waals surface area (Å²) < 4.78 is 13.3. The van der Waals surface area contributed by atoms with E-state index in [1.807, 2.05) is 0 Å². The Balaban J connectivity index is 3.00. The first kappa shape index (κ1) is 13.2. The van der Waals surface area contributed by atoms with Gasteiger partial charge >= 0.3 is 0 Å². The third-order valence-electron chi connectivity index (χ3n) is 2.29. The van der Waals surface area contributed by atoms with Crippen molar-refractivity contribution in [3.05, 3.63) is 28.5 Å². The largest absolute Gasteiger partial charge is 0.396 e. The van der Waals surface area contributed by atoms with Gasteiger partial charge in [0.1, 0.15) is 6.10 Å². The van der Waals surface area contributed by atoms with Crippen LogP contribution in [0.15, 0.2) is 12.1 Å². The molecule has 4 nitrogen and oxygen atoms in total. The van der Waals surface area contributed by atoms with Crippen molar-refractivity contribution in [2.24, 2.45) is 5.73 Å². The molecule has 1 aromatic rings. The molecule has 0 fully saturated rings. The maximum atomic E-state index is 13.3. The van der Waals surface area contributed by atoms with Crippen LogP contribution in [-0.2, 0) is 0 Å². The number of anilines is 1. The van der Waals surface area contributed by atoms with E-state index in [4.69, 9.17) is 23.1 Å². The highest BCUT2D eigenvalue weighted by atomic mass is 35.5. The summed E-state index contributed by atoms with van der Waals surface area (Å²) in [6, 6.07) is 2.67. The molecule has 0 spiro atoms. The highest BCUT2D eigenvalue weighted by Gasteiger charge is 2.22. The van der Waals surface area contributed by atoms with Crippen LogP contribution in [0.1, 0.15) is 18.1 Å². The Morgan fingerprint density at radius 3 is 2.56 bits per heavy atom. The van der Waals surface area contributed by atoms with Gasteiger partial charge in [0.15, 0.2) is 5.82 Å². The fourth-order valence-electron chi connectivity index (χ4n) is 1.34. The van der Waals surface area contributed by atoms with E-state index in [2.05, 4.69) is 0 Å². The van der Waals surface area contributed by atoms with Gasteiger partial charge in [0, 0.05) is 5.56 Å². The van der Waals surface area contributed by atoms with E-state index in [0.717, 1.165) is 0 Å². The minimum absolute atomic E-state index is 0.103. The summed E-state index contributed by atoms with van der Waals surface area (Å²) in [6.07, 6.45) is -2.15. The quantitative estimate of drug-likeness (QED) is 0.593. The molecule has 0 saturated heterocycles. The van der Waals surface area contributed by atoms with Gasteiger partial charge in [-0.2, -0.15) is 0 Å². The Bertz CT molecular complexity index is 376. The van der Waals surface area contributed by atoms with Crippen LogP contribution >= 0.6 is 11.6 Å². The number of hydrogen-bond donors (Lipinski definition) is 4. The van der Waals surface area contributed by atoms with Crippen molar-refractivity contribution in [3.63, 3.8) is 0 Å². The van der Waals surface area contributed by atoms with Gasteiger partial charge in [0.25, 0.3) is 0 Å². The lowest BCUT2D eigenvalue weighted by molar-refractivity contribution is 0.0149. The predicted molar refractivity (Wildman–Crippen MR) is 60.5 cm³/mol. The predicted octanol–water partition coefficient (Wildman–Crippen LogP) is 0.804. The summed E-state index contributed by atoms with van der Waals surface area (Å²) in [4.78, 5) is 0. The number of hydrogen-bond acceptors (Lipinski definition) is 4. The van der Waals surface area contributed by atoms with Crippen molar-refractivity contribution in [1.29, 1.82) is 0 Å². The summed E-state index contributed by atoms with van der Waals surface area (Å²) >= 11 is 5.68. The summed E-state index contributed by atoms with van der Waals surface area (Å²) in [5.74, 6) is -0.793. The van der Waals surface area contributed by atoms with Crippen molar-refractivity contribution in [3.8, 4) is 0 Å². The molecule has 16 heavy (non-hydrogen) atoms. The molecule has 0 aliphatic rings. The number of rotatable bonds is 4. The summed E-state index contributed by atoms with van der Waals surface area (Å²) in [7, 11) is 0. The third kappa shape index (κ3) is 2.62. The van der Waals surface area contributed by atoms with Gasteiger partial charge in [-0.3, -0.25) is 0 Å². The number of nitrogen functional groups attached to an aromatic ring is 1. The van der Waals surface area contributed by atoms with Crippen LogP contribution in [0.2, 0.25) is 5.02 Å². The Morgan fingerprint density at radius 2 is 2.00 bits per heavy atom. The standard InChI is InChI=1S/C10H14ClFN2O2/c11-8-5(1-2-6(14)9(8)12)10(16)7(15)3-4-13/h1-2,7,10,15-16H,3-4,13-14H2. The Hall–Kier alpha value is -0.880. The monoisotopic (exact) mass is 248 g/mol. The van der Waals surface area contributed by atoms with Gasteiger partial charge in [-0.25, -0.2) is 4.39 Å². The minimum atomic E-state index is -1.27. The molecule has 0 amide bonds. The maximum Gasteiger partial charge on any atom is 0.165 e. The van der Waals surface area contributed by atoms with Gasteiger partial charge < -0.3 is 21.7 Å². The van der Waals surface area contributed by atoms with E-state index in [1.165, 1.54) is 12.1 Å². The molecule has 1 rings (SSSR count). The summed E-state index contributed by atoms with van der Waals surface area (Å²) in [5.41, 5.74) is 10.5. The van der Waals surface area contributed by atoms with Crippen molar-refractivity contribution in [1.82, 2.24) is 0 Å². The minimum Gasteiger partial charge on any atom is -0.396 e. The first-order valence-electron chi connectivity index (χ1n) is 4.78. The first-order chi connectivity index (χ1) is 7.49. The number of aliphatic hydroxyl groups is 2. The highest BCUT2D eigenvalue weighted by molar-refractivity contribution is 6.31. The molecule has 2 unspecified atom stereocenters. The second kappa shape index (κ2) is 5.45. The van der Waals surface area contributed by atoms with Crippen LogP contribution in [0, 0.1) is 5.82 Å². The molecule has 0 bridgehead atoms. The highest BCUT2D eigenvalue weighted by Crippen LogP contribution is 2.31. The van der Waals surface area contributed by atoms with Crippen molar-refractivity contribution in [2.75, 3.05) is 12.3 Å². The van der Waals surface area contributed by atoms with Crippen LogP contribution in [0.25, 0.3) is 0 Å². The fourth-order valence-corrected chi connectivity index (χ4v) is 1.63. The van der Waals surface area contributed by atoms with E-state index >= 15 is 0 Å². The van der Waals surface area contributed by atoms with Crippen molar-refractivity contribution < 1.29 is 14.6 Å². The third-order valence-corrected chi connectivity index (χ3v) is 2.67. The lowest BCUT2D eigenvalue weighted by atomic mass is 10.0. The number of halogens is 2. The molecule has 0 heterocycles. The van der Waals surface area contributed by atoms with Gasteiger partial charge in [-0.05, 0) is 19.0 Å². The second-order valence-corrected chi connectivity index (χ2v) is 3.84. The number of aliphatic hydroxyl groups excluding tert-OH is 2. The Labute approximate surface area is 97.6 Å². The van der Waals surface area contributed by atoms with E-state index in [9.17, 15) is 14.6 Å².